The smallest absolute Gasteiger partial charge is 0.449 e. The molecule has 0 amide bonds. The fourth-order valence-corrected chi connectivity index (χ4v) is 1.30. The molecule has 1 heterocycles. The lowest BCUT2D eigenvalue weighted by atomic mass is 10.2. The van der Waals surface area contributed by atoms with Gasteiger partial charge in [-0.25, -0.2) is 13.9 Å². The van der Waals surface area contributed by atoms with Gasteiger partial charge in [0.2, 0.25) is 0 Å². The van der Waals surface area contributed by atoms with E-state index in [4.69, 9.17) is 5.11 Å². The molecular formula is C10H8FN3O3. The zero-order chi connectivity index (χ0) is 12.3. The Morgan fingerprint density at radius 2 is 2.24 bits per heavy atom. The van der Waals surface area contributed by atoms with Crippen LogP contribution < -0.4 is 4.74 Å². The van der Waals surface area contributed by atoms with Gasteiger partial charge in [-0.05, 0) is 6.07 Å². The molecule has 0 atom stereocenters. The molecule has 1 N–H and O–H groups in total. The van der Waals surface area contributed by atoms with E-state index in [1.165, 1.54) is 16.9 Å². The highest BCUT2D eigenvalue weighted by Gasteiger charge is 2.08. The summed E-state index contributed by atoms with van der Waals surface area (Å²) in [5.41, 5.74) is 0.430. The number of hydrogen-bond donors (Lipinski definition) is 1. The summed E-state index contributed by atoms with van der Waals surface area (Å²) in [5.74, 6) is -0.502. The maximum absolute atomic E-state index is 13.3. The molecule has 0 aliphatic rings. The van der Waals surface area contributed by atoms with Gasteiger partial charge in [0.15, 0.2) is 0 Å². The molecule has 17 heavy (non-hydrogen) atoms. The monoisotopic (exact) mass is 237 g/mol. The number of rotatable bonds is 3. The van der Waals surface area contributed by atoms with Crippen molar-refractivity contribution in [2.75, 3.05) is 0 Å². The molecule has 0 aliphatic heterocycles. The summed E-state index contributed by atoms with van der Waals surface area (Å²) in [6.45, 7) is 0.155. The number of carbonyl (C=O) groups is 1. The summed E-state index contributed by atoms with van der Waals surface area (Å²) in [5, 5.41) is 15.4. The van der Waals surface area contributed by atoms with Crippen LogP contribution in [0.3, 0.4) is 0 Å². The van der Waals surface area contributed by atoms with Crippen LogP contribution in [0.15, 0.2) is 30.5 Å². The quantitative estimate of drug-likeness (QED) is 0.819. The molecule has 0 unspecified atom stereocenters. The summed E-state index contributed by atoms with van der Waals surface area (Å²) in [4.78, 5) is 10.2. The van der Waals surface area contributed by atoms with Gasteiger partial charge in [0.1, 0.15) is 5.82 Å². The first-order chi connectivity index (χ1) is 8.15. The predicted octanol–water partition coefficient (Wildman–Crippen LogP) is 1.52. The Morgan fingerprint density at radius 1 is 1.47 bits per heavy atom. The minimum Gasteiger partial charge on any atom is -0.449 e. The standard InChI is InChI=1S/C10H8FN3O3/c11-8-4-2-1-3-7(8)5-14-6-9(12-13-14)17-10(15)16/h1-4,6H,5H2,(H,15,16). The summed E-state index contributed by atoms with van der Waals surface area (Å²) >= 11 is 0. The number of nitrogens with zero attached hydrogens (tertiary/aromatic N) is 3. The van der Waals surface area contributed by atoms with Gasteiger partial charge >= 0.3 is 6.16 Å². The largest absolute Gasteiger partial charge is 0.512 e. The van der Waals surface area contributed by atoms with Crippen molar-refractivity contribution in [2.45, 2.75) is 6.54 Å². The highest BCUT2D eigenvalue weighted by molar-refractivity contribution is 5.59. The Morgan fingerprint density at radius 3 is 2.94 bits per heavy atom. The SMILES string of the molecule is O=C(O)Oc1cn(Cc2ccccc2F)nn1. The van der Waals surface area contributed by atoms with E-state index in [9.17, 15) is 9.18 Å². The lowest BCUT2D eigenvalue weighted by Gasteiger charge is -2.01. The van der Waals surface area contributed by atoms with Crippen molar-refractivity contribution >= 4 is 6.16 Å². The first kappa shape index (κ1) is 11.1. The van der Waals surface area contributed by atoms with Gasteiger partial charge in [-0.15, -0.1) is 0 Å². The third kappa shape index (κ3) is 2.77. The lowest BCUT2D eigenvalue weighted by Crippen LogP contribution is -2.03. The van der Waals surface area contributed by atoms with Crippen LogP contribution in [-0.4, -0.2) is 26.3 Å². The topological polar surface area (TPSA) is 77.2 Å². The maximum Gasteiger partial charge on any atom is 0.512 e. The Balaban J connectivity index is 2.12. The Labute approximate surface area is 95.2 Å². The number of aromatic nitrogens is 3. The number of ether oxygens (including phenoxy) is 1. The Kier molecular flexibility index (Phi) is 2.99. The Hall–Kier alpha value is -2.44. The van der Waals surface area contributed by atoms with Crippen molar-refractivity contribution in [3.63, 3.8) is 0 Å². The van der Waals surface area contributed by atoms with Crippen molar-refractivity contribution in [1.29, 1.82) is 0 Å². The zero-order valence-electron chi connectivity index (χ0n) is 8.58. The fourth-order valence-electron chi connectivity index (χ4n) is 1.30. The van der Waals surface area contributed by atoms with Crippen molar-refractivity contribution in [1.82, 2.24) is 15.0 Å². The molecular weight excluding hydrogens is 229 g/mol. The van der Waals surface area contributed by atoms with Crippen LogP contribution in [0.2, 0.25) is 0 Å². The van der Waals surface area contributed by atoms with Gasteiger partial charge in [0.05, 0.1) is 12.7 Å². The predicted molar refractivity (Wildman–Crippen MR) is 54.2 cm³/mol. The molecule has 0 aliphatic carbocycles. The third-order valence-electron chi connectivity index (χ3n) is 2.00. The van der Waals surface area contributed by atoms with Gasteiger partial charge < -0.3 is 9.84 Å². The van der Waals surface area contributed by atoms with E-state index < -0.39 is 6.16 Å². The average molecular weight is 237 g/mol. The molecule has 0 radical (unpaired) electrons. The van der Waals surface area contributed by atoms with Crippen molar-refractivity contribution in [3.8, 4) is 5.88 Å². The van der Waals surface area contributed by atoms with Crippen LogP contribution in [-0.2, 0) is 6.54 Å². The second-order valence-electron chi connectivity index (χ2n) is 3.21. The molecule has 0 fully saturated rings. The van der Waals surface area contributed by atoms with E-state index in [0.29, 0.717) is 5.56 Å². The van der Waals surface area contributed by atoms with Crippen molar-refractivity contribution in [3.05, 3.63) is 41.8 Å². The highest BCUT2D eigenvalue weighted by atomic mass is 19.1. The lowest BCUT2D eigenvalue weighted by molar-refractivity contribution is 0.142. The first-order valence-corrected chi connectivity index (χ1v) is 4.69. The summed E-state index contributed by atoms with van der Waals surface area (Å²) < 4.78 is 18.9. The molecule has 2 rings (SSSR count). The van der Waals surface area contributed by atoms with Gasteiger partial charge in [0.25, 0.3) is 5.88 Å². The molecule has 1 aromatic carbocycles. The zero-order valence-corrected chi connectivity index (χ0v) is 8.58. The van der Waals surface area contributed by atoms with Crippen molar-refractivity contribution in [2.24, 2.45) is 0 Å². The van der Waals surface area contributed by atoms with E-state index in [-0.39, 0.29) is 18.2 Å². The van der Waals surface area contributed by atoms with Crippen LogP contribution in [0.5, 0.6) is 5.88 Å². The second-order valence-corrected chi connectivity index (χ2v) is 3.21. The fraction of sp³-hybridized carbons (Fsp3) is 0.100. The summed E-state index contributed by atoms with van der Waals surface area (Å²) in [6.07, 6.45) is -0.191. The molecule has 6 nitrogen and oxygen atoms in total. The maximum atomic E-state index is 13.3. The molecule has 0 saturated carbocycles. The molecule has 7 heteroatoms. The number of hydrogen-bond acceptors (Lipinski definition) is 4. The van der Waals surface area contributed by atoms with Gasteiger partial charge in [0, 0.05) is 5.56 Å². The van der Waals surface area contributed by atoms with Crippen LogP contribution in [0.1, 0.15) is 5.56 Å². The second kappa shape index (κ2) is 4.60. The van der Waals surface area contributed by atoms with Crippen LogP contribution in [0, 0.1) is 5.82 Å². The summed E-state index contributed by atoms with van der Waals surface area (Å²) in [7, 11) is 0. The number of halogens is 1. The van der Waals surface area contributed by atoms with Crippen molar-refractivity contribution < 1.29 is 19.0 Å². The normalized spacial score (nSPS) is 10.2. The molecule has 2 aromatic rings. The molecule has 88 valence electrons. The first-order valence-electron chi connectivity index (χ1n) is 4.69. The van der Waals surface area contributed by atoms with Gasteiger partial charge in [-0.3, -0.25) is 0 Å². The molecule has 0 spiro atoms. The van der Waals surface area contributed by atoms with E-state index >= 15 is 0 Å². The number of benzene rings is 1. The van der Waals surface area contributed by atoms with E-state index in [1.54, 1.807) is 18.2 Å². The van der Waals surface area contributed by atoms with E-state index in [1.807, 2.05) is 0 Å². The minimum atomic E-state index is -1.47. The minimum absolute atomic E-state index is 0.145. The number of carboxylic acid groups (broad SMARTS) is 1. The third-order valence-corrected chi connectivity index (χ3v) is 2.00. The highest BCUT2D eigenvalue weighted by Crippen LogP contribution is 2.10. The van der Waals surface area contributed by atoms with Crippen LogP contribution >= 0.6 is 0 Å². The Bertz CT molecular complexity index is 541. The van der Waals surface area contributed by atoms with Crippen LogP contribution in [0.25, 0.3) is 0 Å². The molecule has 1 aromatic heterocycles. The molecule has 0 bridgehead atoms. The van der Waals surface area contributed by atoms with Gasteiger partial charge in [-0.2, -0.15) is 0 Å². The summed E-state index contributed by atoms with van der Waals surface area (Å²) in [6, 6.07) is 6.22. The van der Waals surface area contributed by atoms with Crippen LogP contribution in [0.4, 0.5) is 9.18 Å². The average Bonchev–Trinajstić information content (AvgIpc) is 2.68. The van der Waals surface area contributed by atoms with Gasteiger partial charge in [-0.1, -0.05) is 28.5 Å². The molecule has 0 saturated heterocycles. The van der Waals surface area contributed by atoms with E-state index in [0.717, 1.165) is 0 Å². The van der Waals surface area contributed by atoms with E-state index in [2.05, 4.69) is 15.0 Å².